The molecule has 0 saturated carbocycles. The van der Waals surface area contributed by atoms with Gasteiger partial charge in [-0.15, -0.1) is 0 Å². The third-order valence-corrected chi connectivity index (χ3v) is 2.34. The molecule has 16 heavy (non-hydrogen) atoms. The van der Waals surface area contributed by atoms with Crippen LogP contribution in [0.4, 0.5) is 0 Å². The highest BCUT2D eigenvalue weighted by molar-refractivity contribution is 9.10. The second kappa shape index (κ2) is 5.55. The van der Waals surface area contributed by atoms with E-state index >= 15 is 0 Å². The molecule has 1 rings (SSSR count). The third kappa shape index (κ3) is 3.00. The van der Waals surface area contributed by atoms with Crippen LogP contribution in [0.25, 0.3) is 6.08 Å². The van der Waals surface area contributed by atoms with E-state index in [1.807, 2.05) is 0 Å². The maximum Gasteiger partial charge on any atom is 0.328 e. The molecule has 0 aliphatic heterocycles. The van der Waals surface area contributed by atoms with Gasteiger partial charge in [-0.25, -0.2) is 4.79 Å². The molecule has 1 N–H and O–H groups in total. The monoisotopic (exact) mass is 286 g/mol. The number of hydrogen-bond donors (Lipinski definition) is 1. The van der Waals surface area contributed by atoms with Gasteiger partial charge < -0.3 is 14.6 Å². The van der Waals surface area contributed by atoms with E-state index in [0.29, 0.717) is 17.1 Å². The van der Waals surface area contributed by atoms with E-state index < -0.39 is 5.97 Å². The van der Waals surface area contributed by atoms with Gasteiger partial charge in [-0.3, -0.25) is 0 Å². The van der Waals surface area contributed by atoms with Crippen LogP contribution in [0.1, 0.15) is 5.56 Å². The van der Waals surface area contributed by atoms with Crippen LogP contribution < -0.4 is 9.47 Å². The molecular formula is C11H11BrO4. The van der Waals surface area contributed by atoms with Crippen LogP contribution in [0.5, 0.6) is 11.5 Å². The molecule has 1 aromatic rings. The van der Waals surface area contributed by atoms with Gasteiger partial charge in [-0.1, -0.05) is 15.9 Å². The van der Waals surface area contributed by atoms with Crippen molar-refractivity contribution in [2.45, 2.75) is 0 Å². The minimum Gasteiger partial charge on any atom is -0.493 e. The van der Waals surface area contributed by atoms with E-state index in [1.165, 1.54) is 20.3 Å². The van der Waals surface area contributed by atoms with Crippen LogP contribution in [-0.4, -0.2) is 25.3 Å². The highest BCUT2D eigenvalue weighted by Crippen LogP contribution is 2.35. The first-order valence-electron chi connectivity index (χ1n) is 4.41. The summed E-state index contributed by atoms with van der Waals surface area (Å²) < 4.78 is 11.1. The van der Waals surface area contributed by atoms with E-state index in [1.54, 1.807) is 12.1 Å². The number of methoxy groups -OCH3 is 2. The fraction of sp³-hybridized carbons (Fsp3) is 0.182. The van der Waals surface area contributed by atoms with Crippen molar-refractivity contribution in [1.29, 1.82) is 0 Å². The molecule has 86 valence electrons. The molecule has 4 nitrogen and oxygen atoms in total. The summed E-state index contributed by atoms with van der Waals surface area (Å²) in [7, 11) is 3.03. The highest BCUT2D eigenvalue weighted by atomic mass is 79.9. The number of carboxylic acids is 1. The smallest absolute Gasteiger partial charge is 0.328 e. The van der Waals surface area contributed by atoms with Gasteiger partial charge in [-0.05, 0) is 18.2 Å². The van der Waals surface area contributed by atoms with E-state index in [9.17, 15) is 4.79 Å². The third-order valence-electron chi connectivity index (χ3n) is 1.88. The number of rotatable bonds is 4. The minimum atomic E-state index is -1.01. The quantitative estimate of drug-likeness (QED) is 0.865. The van der Waals surface area contributed by atoms with E-state index in [2.05, 4.69) is 15.9 Å². The second-order valence-electron chi connectivity index (χ2n) is 2.90. The summed E-state index contributed by atoms with van der Waals surface area (Å²) >= 11 is 3.31. The van der Waals surface area contributed by atoms with Gasteiger partial charge in [0.15, 0.2) is 11.5 Å². The normalized spacial score (nSPS) is 10.4. The lowest BCUT2D eigenvalue weighted by atomic mass is 10.1. The molecule has 0 atom stereocenters. The number of benzene rings is 1. The molecule has 1 aromatic carbocycles. The van der Waals surface area contributed by atoms with E-state index in [-0.39, 0.29) is 0 Å². The first-order chi connectivity index (χ1) is 7.58. The topological polar surface area (TPSA) is 55.8 Å². The fourth-order valence-corrected chi connectivity index (χ4v) is 1.70. The van der Waals surface area contributed by atoms with Crippen LogP contribution in [0.3, 0.4) is 0 Å². The number of hydrogen-bond acceptors (Lipinski definition) is 3. The Kier molecular flexibility index (Phi) is 4.37. The summed E-state index contributed by atoms with van der Waals surface area (Å²) in [5.41, 5.74) is 0.635. The molecule has 0 aliphatic rings. The zero-order valence-corrected chi connectivity index (χ0v) is 10.4. The van der Waals surface area contributed by atoms with Gasteiger partial charge in [0, 0.05) is 16.1 Å². The van der Waals surface area contributed by atoms with Crippen LogP contribution in [0.15, 0.2) is 22.7 Å². The standard InChI is InChI=1S/C11H11BrO4/c1-15-9-6-8(12)5-7(11(9)16-2)3-4-10(13)14/h3-6H,1-2H3,(H,13,14)/b4-3+. The first-order valence-corrected chi connectivity index (χ1v) is 5.20. The lowest BCUT2D eigenvalue weighted by Gasteiger charge is -2.10. The van der Waals surface area contributed by atoms with Crippen molar-refractivity contribution in [2.75, 3.05) is 14.2 Å². The minimum absolute atomic E-state index is 0.503. The molecule has 0 amide bonds. The molecule has 0 aromatic heterocycles. The zero-order valence-electron chi connectivity index (χ0n) is 8.86. The zero-order chi connectivity index (χ0) is 12.1. The number of carboxylic acid groups (broad SMARTS) is 1. The van der Waals surface area contributed by atoms with Crippen LogP contribution in [0.2, 0.25) is 0 Å². The largest absolute Gasteiger partial charge is 0.493 e. The highest BCUT2D eigenvalue weighted by Gasteiger charge is 2.09. The average Bonchev–Trinajstić information content (AvgIpc) is 2.25. The van der Waals surface area contributed by atoms with Crippen molar-refractivity contribution in [3.8, 4) is 11.5 Å². The Labute approximate surface area is 102 Å². The van der Waals surface area contributed by atoms with Crippen LogP contribution in [0, 0.1) is 0 Å². The van der Waals surface area contributed by atoms with Crippen molar-refractivity contribution in [3.05, 3.63) is 28.2 Å². The Balaban J connectivity index is 3.25. The summed E-state index contributed by atoms with van der Waals surface area (Å²) in [6.45, 7) is 0. The van der Waals surface area contributed by atoms with Crippen molar-refractivity contribution in [1.82, 2.24) is 0 Å². The Morgan fingerprint density at radius 2 is 2.06 bits per heavy atom. The van der Waals surface area contributed by atoms with Gasteiger partial charge in [-0.2, -0.15) is 0 Å². The summed E-state index contributed by atoms with van der Waals surface area (Å²) in [4.78, 5) is 10.4. The summed E-state index contributed by atoms with van der Waals surface area (Å²) in [5.74, 6) is 0.0334. The molecule has 0 fully saturated rings. The van der Waals surface area contributed by atoms with Crippen molar-refractivity contribution >= 4 is 28.0 Å². The number of ether oxygens (including phenoxy) is 2. The van der Waals surface area contributed by atoms with Gasteiger partial charge in [0.1, 0.15) is 0 Å². The van der Waals surface area contributed by atoms with Crippen molar-refractivity contribution < 1.29 is 19.4 Å². The molecule has 0 unspecified atom stereocenters. The van der Waals surface area contributed by atoms with Crippen molar-refractivity contribution in [2.24, 2.45) is 0 Å². The average molecular weight is 287 g/mol. The van der Waals surface area contributed by atoms with Crippen molar-refractivity contribution in [3.63, 3.8) is 0 Å². The van der Waals surface area contributed by atoms with Gasteiger partial charge in [0.25, 0.3) is 0 Å². The summed E-state index contributed by atoms with van der Waals surface area (Å²) in [6.07, 6.45) is 2.50. The molecule has 0 radical (unpaired) electrons. The SMILES string of the molecule is COc1cc(Br)cc(/C=C/C(=O)O)c1OC. The molecule has 5 heteroatoms. The number of carbonyl (C=O) groups is 1. The maximum absolute atomic E-state index is 10.4. The molecule has 0 spiro atoms. The molecule has 0 bridgehead atoms. The predicted molar refractivity (Wildman–Crippen MR) is 63.9 cm³/mol. The Bertz CT molecular complexity index is 426. The molecule has 0 aliphatic carbocycles. The van der Waals surface area contributed by atoms with Crippen LogP contribution in [-0.2, 0) is 4.79 Å². The molecule has 0 heterocycles. The lowest BCUT2D eigenvalue weighted by Crippen LogP contribution is -1.94. The Morgan fingerprint density at radius 1 is 1.38 bits per heavy atom. The summed E-state index contributed by atoms with van der Waals surface area (Å²) in [6, 6.07) is 3.50. The Morgan fingerprint density at radius 3 is 2.56 bits per heavy atom. The number of halogens is 1. The maximum atomic E-state index is 10.4. The van der Waals surface area contributed by atoms with E-state index in [0.717, 1.165) is 10.5 Å². The van der Waals surface area contributed by atoms with Crippen LogP contribution >= 0.6 is 15.9 Å². The first kappa shape index (κ1) is 12.6. The number of aliphatic carboxylic acids is 1. The van der Waals surface area contributed by atoms with Gasteiger partial charge >= 0.3 is 5.97 Å². The lowest BCUT2D eigenvalue weighted by molar-refractivity contribution is -0.131. The fourth-order valence-electron chi connectivity index (χ4n) is 1.24. The second-order valence-corrected chi connectivity index (χ2v) is 3.82. The molecule has 0 saturated heterocycles. The Hall–Kier alpha value is -1.49. The predicted octanol–water partition coefficient (Wildman–Crippen LogP) is 2.56. The van der Waals surface area contributed by atoms with Gasteiger partial charge in [0.05, 0.1) is 14.2 Å². The molecular weight excluding hydrogens is 276 g/mol. The summed E-state index contributed by atoms with van der Waals surface area (Å²) in [5, 5.41) is 8.56. The van der Waals surface area contributed by atoms with E-state index in [4.69, 9.17) is 14.6 Å². The van der Waals surface area contributed by atoms with Gasteiger partial charge in [0.2, 0.25) is 0 Å².